The highest BCUT2D eigenvalue weighted by Crippen LogP contribution is 2.29. The number of carbonyl (C=O) groups is 1. The molecule has 1 aliphatic rings. The molecule has 1 amide bonds. The Balaban J connectivity index is 1.93. The zero-order valence-corrected chi connectivity index (χ0v) is 18.2. The number of nitrogens with zero attached hydrogens (tertiary/aromatic N) is 3. The highest BCUT2D eigenvalue weighted by molar-refractivity contribution is 5.94. The first-order chi connectivity index (χ1) is 15.0. The third-order valence-corrected chi connectivity index (χ3v) is 5.63. The maximum absolute atomic E-state index is 13.1. The number of carbonyl (C=O) groups excluding carboxylic acids is 1. The summed E-state index contributed by atoms with van der Waals surface area (Å²) in [6, 6.07) is 5.69. The normalized spacial score (nSPS) is 16.1. The lowest BCUT2D eigenvalue weighted by molar-refractivity contribution is 0.0940. The Morgan fingerprint density at radius 2 is 1.90 bits per heavy atom. The summed E-state index contributed by atoms with van der Waals surface area (Å²) < 4.78 is 14.6. The molecule has 0 aliphatic carbocycles. The van der Waals surface area contributed by atoms with Crippen molar-refractivity contribution in [3.63, 3.8) is 0 Å². The van der Waals surface area contributed by atoms with Gasteiger partial charge in [-0.3, -0.25) is 19.1 Å². The van der Waals surface area contributed by atoms with Crippen molar-refractivity contribution >= 4 is 5.91 Å². The number of aromatic hydroxyl groups is 1. The molecule has 8 heteroatoms. The van der Waals surface area contributed by atoms with Crippen molar-refractivity contribution < 1.29 is 14.3 Å². The fraction of sp³-hybridized carbons (Fsp3) is 0.522. The molecule has 1 unspecified atom stereocenters. The van der Waals surface area contributed by atoms with Crippen LogP contribution in [-0.4, -0.2) is 38.6 Å². The number of hydrogen-bond donors (Lipinski definition) is 2. The quantitative estimate of drug-likeness (QED) is 0.671. The zero-order valence-electron chi connectivity index (χ0n) is 18.2. The predicted molar refractivity (Wildman–Crippen MR) is 116 cm³/mol. The fourth-order valence-corrected chi connectivity index (χ4v) is 4.14. The lowest BCUT2D eigenvalue weighted by atomic mass is 10.1. The van der Waals surface area contributed by atoms with E-state index in [9.17, 15) is 19.1 Å². The molecule has 2 aromatic rings. The Morgan fingerprint density at radius 3 is 2.55 bits per heavy atom. The van der Waals surface area contributed by atoms with E-state index in [4.69, 9.17) is 0 Å². The third-order valence-electron chi connectivity index (χ3n) is 5.63. The number of hydrogen-bond acceptors (Lipinski definition) is 5. The van der Waals surface area contributed by atoms with Gasteiger partial charge in [0.1, 0.15) is 11.6 Å². The topological polar surface area (TPSA) is 87.5 Å². The van der Waals surface area contributed by atoms with Gasteiger partial charge in [-0.05, 0) is 62.9 Å². The summed E-state index contributed by atoms with van der Waals surface area (Å²) in [7, 11) is 0. The number of rotatable bonds is 8. The van der Waals surface area contributed by atoms with E-state index in [0.29, 0.717) is 17.9 Å². The van der Waals surface area contributed by atoms with Crippen molar-refractivity contribution in [1.82, 2.24) is 19.8 Å². The molecule has 0 spiro atoms. The van der Waals surface area contributed by atoms with E-state index in [-0.39, 0.29) is 24.1 Å². The van der Waals surface area contributed by atoms with Crippen LogP contribution < -0.4 is 10.9 Å². The van der Waals surface area contributed by atoms with E-state index >= 15 is 0 Å². The van der Waals surface area contributed by atoms with Crippen LogP contribution in [0, 0.1) is 5.82 Å². The second-order valence-corrected chi connectivity index (χ2v) is 7.98. The first-order valence-corrected chi connectivity index (χ1v) is 11.1. The first-order valence-electron chi connectivity index (χ1n) is 11.1. The minimum Gasteiger partial charge on any atom is -0.501 e. The van der Waals surface area contributed by atoms with Crippen molar-refractivity contribution in [2.24, 2.45) is 0 Å². The first kappa shape index (κ1) is 22.9. The summed E-state index contributed by atoms with van der Waals surface area (Å²) >= 11 is 0. The van der Waals surface area contributed by atoms with Crippen LogP contribution >= 0.6 is 0 Å². The Morgan fingerprint density at radius 1 is 1.23 bits per heavy atom. The molecule has 2 heterocycles. The summed E-state index contributed by atoms with van der Waals surface area (Å²) in [5, 5.41) is 13.1. The molecule has 7 nitrogen and oxygen atoms in total. The number of amides is 1. The Kier molecular flexibility index (Phi) is 7.79. The van der Waals surface area contributed by atoms with Gasteiger partial charge < -0.3 is 10.4 Å². The van der Waals surface area contributed by atoms with Crippen LogP contribution in [0.5, 0.6) is 5.75 Å². The molecule has 1 aliphatic heterocycles. The smallest absolute Gasteiger partial charge is 0.296 e. The van der Waals surface area contributed by atoms with E-state index in [1.54, 1.807) is 12.1 Å². The molecule has 1 aromatic heterocycles. The highest BCUT2D eigenvalue weighted by atomic mass is 19.1. The second kappa shape index (κ2) is 10.5. The molecule has 1 atom stereocenters. The SMILES string of the molecule is CCCN(CCC)C1CCCCn2c1nc(C(=O)NCc1ccc(F)cc1)c(O)c2=O. The molecule has 0 bridgehead atoms. The summed E-state index contributed by atoms with van der Waals surface area (Å²) in [6.07, 6.45) is 4.58. The molecule has 0 saturated heterocycles. The van der Waals surface area contributed by atoms with Gasteiger partial charge in [0.15, 0.2) is 5.69 Å². The van der Waals surface area contributed by atoms with Gasteiger partial charge in [-0.15, -0.1) is 0 Å². The lowest BCUT2D eigenvalue weighted by Crippen LogP contribution is -2.37. The maximum atomic E-state index is 13.1. The molecule has 3 rings (SSSR count). The Labute approximate surface area is 181 Å². The van der Waals surface area contributed by atoms with Crippen LogP contribution in [0.4, 0.5) is 4.39 Å². The monoisotopic (exact) mass is 430 g/mol. The third kappa shape index (κ3) is 5.31. The van der Waals surface area contributed by atoms with Gasteiger partial charge in [-0.2, -0.15) is 0 Å². The molecule has 0 fully saturated rings. The zero-order chi connectivity index (χ0) is 22.4. The number of aromatic nitrogens is 2. The van der Waals surface area contributed by atoms with E-state index in [1.807, 2.05) is 0 Å². The van der Waals surface area contributed by atoms with Crippen molar-refractivity contribution in [2.45, 2.75) is 65.1 Å². The largest absolute Gasteiger partial charge is 0.501 e. The molecular weight excluding hydrogens is 399 g/mol. The summed E-state index contributed by atoms with van der Waals surface area (Å²) in [5.74, 6) is -1.06. The van der Waals surface area contributed by atoms with Crippen molar-refractivity contribution in [1.29, 1.82) is 0 Å². The molecule has 31 heavy (non-hydrogen) atoms. The van der Waals surface area contributed by atoms with Crippen LogP contribution in [0.2, 0.25) is 0 Å². The van der Waals surface area contributed by atoms with Crippen molar-refractivity contribution in [2.75, 3.05) is 13.1 Å². The molecule has 168 valence electrons. The van der Waals surface area contributed by atoms with Crippen LogP contribution in [-0.2, 0) is 13.1 Å². The van der Waals surface area contributed by atoms with Gasteiger partial charge in [0, 0.05) is 13.1 Å². The molecule has 1 aromatic carbocycles. The number of fused-ring (bicyclic) bond motifs is 1. The van der Waals surface area contributed by atoms with E-state index in [2.05, 4.69) is 29.0 Å². The fourth-order valence-electron chi connectivity index (χ4n) is 4.14. The summed E-state index contributed by atoms with van der Waals surface area (Å²) in [6.45, 7) is 6.60. The highest BCUT2D eigenvalue weighted by Gasteiger charge is 2.30. The molecule has 0 radical (unpaired) electrons. The van der Waals surface area contributed by atoms with E-state index < -0.39 is 17.2 Å². The number of halogens is 1. The van der Waals surface area contributed by atoms with Crippen molar-refractivity contribution in [3.05, 3.63) is 57.5 Å². The van der Waals surface area contributed by atoms with Crippen LogP contribution in [0.15, 0.2) is 29.1 Å². The van der Waals surface area contributed by atoms with Gasteiger partial charge in [0.25, 0.3) is 11.5 Å². The predicted octanol–water partition coefficient (Wildman–Crippen LogP) is 3.37. The number of benzene rings is 1. The minimum atomic E-state index is -0.626. The Hall–Kier alpha value is -2.74. The average Bonchev–Trinajstić information content (AvgIpc) is 2.98. The molecular formula is C23H31FN4O3. The molecule has 2 N–H and O–H groups in total. The van der Waals surface area contributed by atoms with Gasteiger partial charge >= 0.3 is 0 Å². The van der Waals surface area contributed by atoms with Crippen molar-refractivity contribution in [3.8, 4) is 5.75 Å². The minimum absolute atomic E-state index is 0.0700. The van der Waals surface area contributed by atoms with Gasteiger partial charge in [0.05, 0.1) is 6.04 Å². The van der Waals surface area contributed by atoms with E-state index in [1.165, 1.54) is 16.7 Å². The maximum Gasteiger partial charge on any atom is 0.296 e. The van der Waals surface area contributed by atoms with Crippen LogP contribution in [0.25, 0.3) is 0 Å². The van der Waals surface area contributed by atoms with Gasteiger partial charge in [0.2, 0.25) is 5.75 Å². The van der Waals surface area contributed by atoms with Crippen LogP contribution in [0.1, 0.15) is 73.9 Å². The summed E-state index contributed by atoms with van der Waals surface area (Å²) in [5.41, 5.74) is -0.120. The van der Waals surface area contributed by atoms with Crippen LogP contribution in [0.3, 0.4) is 0 Å². The lowest BCUT2D eigenvalue weighted by Gasteiger charge is -2.31. The second-order valence-electron chi connectivity index (χ2n) is 7.98. The standard InChI is InChI=1S/C23H31FN4O3/c1-3-12-27(13-4-2)18-7-5-6-14-28-21(18)26-19(20(29)23(28)31)22(30)25-15-16-8-10-17(24)11-9-16/h8-11,18,29H,3-7,12-15H2,1-2H3,(H,25,30). The van der Waals surface area contributed by atoms with E-state index in [0.717, 1.165) is 45.2 Å². The average molecular weight is 431 g/mol. The summed E-state index contributed by atoms with van der Waals surface area (Å²) in [4.78, 5) is 32.6. The van der Waals surface area contributed by atoms with Gasteiger partial charge in [-0.25, -0.2) is 9.37 Å². The number of nitrogens with one attached hydrogen (secondary N) is 1. The molecule has 0 saturated carbocycles. The Bertz CT molecular complexity index is 953. The van der Waals surface area contributed by atoms with Gasteiger partial charge in [-0.1, -0.05) is 26.0 Å².